The summed E-state index contributed by atoms with van der Waals surface area (Å²) in [7, 11) is -3.47. The molecule has 0 atom stereocenters. The second-order valence-corrected chi connectivity index (χ2v) is 8.22. The molecular weight excluding hydrogens is 290 g/mol. The van der Waals surface area contributed by atoms with Crippen molar-refractivity contribution in [2.75, 3.05) is 13.1 Å². The fourth-order valence-corrected chi connectivity index (χ4v) is 3.88. The molecule has 21 heavy (non-hydrogen) atoms. The summed E-state index contributed by atoms with van der Waals surface area (Å²) in [5, 5.41) is 8.72. The fourth-order valence-electron chi connectivity index (χ4n) is 2.43. The third-order valence-corrected chi connectivity index (χ3v) is 5.91. The van der Waals surface area contributed by atoms with Crippen LogP contribution in [-0.2, 0) is 21.2 Å². The number of benzene rings is 1. The molecule has 1 saturated heterocycles. The lowest BCUT2D eigenvalue weighted by Crippen LogP contribution is -2.41. The summed E-state index contributed by atoms with van der Waals surface area (Å²) < 4.78 is 26.6. The second kappa shape index (κ2) is 5.77. The highest BCUT2D eigenvalue weighted by atomic mass is 32.2. The first-order valence-electron chi connectivity index (χ1n) is 7.02. The van der Waals surface area contributed by atoms with Crippen LogP contribution in [0.5, 0.6) is 0 Å². The number of carboxylic acid groups (broad SMARTS) is 1. The van der Waals surface area contributed by atoms with Crippen LogP contribution in [0, 0.1) is 5.41 Å². The number of hydrogen-bond donors (Lipinski definition) is 1. The first kappa shape index (κ1) is 16.0. The molecule has 0 unspecified atom stereocenters. The fraction of sp³-hybridized carbons (Fsp3) is 0.533. The van der Waals surface area contributed by atoms with Gasteiger partial charge in [-0.25, -0.2) is 8.42 Å². The average molecular weight is 311 g/mol. The first-order chi connectivity index (χ1) is 9.71. The number of nitrogens with zero attached hydrogens (tertiary/aromatic N) is 1. The van der Waals surface area contributed by atoms with Crippen LogP contribution < -0.4 is 0 Å². The van der Waals surface area contributed by atoms with E-state index in [-0.39, 0.29) is 16.7 Å². The van der Waals surface area contributed by atoms with E-state index in [0.717, 1.165) is 12.8 Å². The van der Waals surface area contributed by atoms with Gasteiger partial charge >= 0.3 is 5.97 Å². The molecule has 1 heterocycles. The lowest BCUT2D eigenvalue weighted by Gasteiger charge is -2.36. The van der Waals surface area contributed by atoms with Crippen molar-refractivity contribution in [1.29, 1.82) is 0 Å². The molecular formula is C15H21NO4S. The molecule has 6 heteroatoms. The Labute approximate surface area is 125 Å². The third kappa shape index (κ3) is 3.83. The third-order valence-electron chi connectivity index (χ3n) is 3.99. The highest BCUT2D eigenvalue weighted by Crippen LogP contribution is 2.32. The Hall–Kier alpha value is -1.40. The largest absolute Gasteiger partial charge is 0.481 e. The molecule has 1 fully saturated rings. The average Bonchev–Trinajstić information content (AvgIpc) is 2.38. The van der Waals surface area contributed by atoms with E-state index in [4.69, 9.17) is 5.11 Å². The normalized spacial score (nSPS) is 19.3. The van der Waals surface area contributed by atoms with E-state index >= 15 is 0 Å². The quantitative estimate of drug-likeness (QED) is 0.924. The molecule has 1 N–H and O–H groups in total. The molecule has 0 saturated carbocycles. The number of aliphatic carboxylic acids is 1. The zero-order valence-corrected chi connectivity index (χ0v) is 13.2. The summed E-state index contributed by atoms with van der Waals surface area (Å²) in [4.78, 5) is 10.9. The minimum Gasteiger partial charge on any atom is -0.481 e. The van der Waals surface area contributed by atoms with Gasteiger partial charge in [-0.15, -0.1) is 0 Å². The molecule has 1 aromatic carbocycles. The van der Waals surface area contributed by atoms with Crippen LogP contribution in [0.3, 0.4) is 0 Å². The highest BCUT2D eigenvalue weighted by molar-refractivity contribution is 7.89. The highest BCUT2D eigenvalue weighted by Gasteiger charge is 2.32. The Morgan fingerprint density at radius 1 is 1.19 bits per heavy atom. The van der Waals surface area contributed by atoms with Crippen LogP contribution in [0.1, 0.15) is 32.3 Å². The molecule has 5 nitrogen and oxygen atoms in total. The monoisotopic (exact) mass is 311 g/mol. The van der Waals surface area contributed by atoms with Crippen LogP contribution in [0.15, 0.2) is 29.2 Å². The Morgan fingerprint density at radius 3 is 2.19 bits per heavy atom. The number of carboxylic acids is 1. The minimum absolute atomic E-state index is 0.0990. The van der Waals surface area contributed by atoms with E-state index in [1.54, 1.807) is 12.1 Å². The molecule has 1 aromatic rings. The Morgan fingerprint density at radius 2 is 1.71 bits per heavy atom. The lowest BCUT2D eigenvalue weighted by atomic mass is 9.83. The van der Waals surface area contributed by atoms with Crippen molar-refractivity contribution in [2.45, 2.75) is 38.0 Å². The summed E-state index contributed by atoms with van der Waals surface area (Å²) in [5.41, 5.74) is 0.790. The zero-order valence-electron chi connectivity index (χ0n) is 12.4. The second-order valence-electron chi connectivity index (χ2n) is 6.28. The molecule has 0 amide bonds. The molecule has 0 aromatic heterocycles. The van der Waals surface area contributed by atoms with Gasteiger partial charge in [-0.2, -0.15) is 4.31 Å². The number of rotatable bonds is 4. The predicted octanol–water partition coefficient (Wildman–Crippen LogP) is 2.12. The van der Waals surface area contributed by atoms with Crippen LogP contribution in [0.2, 0.25) is 0 Å². The predicted molar refractivity (Wildman–Crippen MR) is 79.6 cm³/mol. The maximum atomic E-state index is 12.5. The van der Waals surface area contributed by atoms with Gasteiger partial charge in [0, 0.05) is 13.1 Å². The van der Waals surface area contributed by atoms with Gasteiger partial charge in [-0.3, -0.25) is 4.79 Å². The van der Waals surface area contributed by atoms with Crippen LogP contribution in [-0.4, -0.2) is 36.9 Å². The van der Waals surface area contributed by atoms with Gasteiger partial charge in [0.15, 0.2) is 0 Å². The van der Waals surface area contributed by atoms with Crippen molar-refractivity contribution in [1.82, 2.24) is 4.31 Å². The van der Waals surface area contributed by atoms with E-state index in [2.05, 4.69) is 13.8 Å². The van der Waals surface area contributed by atoms with Crippen molar-refractivity contribution < 1.29 is 18.3 Å². The van der Waals surface area contributed by atoms with Crippen molar-refractivity contribution in [3.05, 3.63) is 29.8 Å². The molecule has 0 bridgehead atoms. The van der Waals surface area contributed by atoms with Crippen molar-refractivity contribution >= 4 is 16.0 Å². The van der Waals surface area contributed by atoms with Gasteiger partial charge in [0.25, 0.3) is 0 Å². The van der Waals surface area contributed by atoms with Crippen molar-refractivity contribution in [3.8, 4) is 0 Å². The SMILES string of the molecule is CC1(C)CCN(S(=O)(=O)c2ccc(CC(=O)O)cc2)CC1. The van der Waals surface area contributed by atoms with Crippen molar-refractivity contribution in [3.63, 3.8) is 0 Å². The van der Waals surface area contributed by atoms with Gasteiger partial charge in [0.2, 0.25) is 10.0 Å². The summed E-state index contributed by atoms with van der Waals surface area (Å²) in [6.45, 7) is 5.37. The summed E-state index contributed by atoms with van der Waals surface area (Å²) in [6, 6.07) is 6.12. The van der Waals surface area contributed by atoms with Crippen molar-refractivity contribution in [2.24, 2.45) is 5.41 Å². The van der Waals surface area contributed by atoms with Gasteiger partial charge in [0.1, 0.15) is 0 Å². The van der Waals surface area contributed by atoms with E-state index < -0.39 is 16.0 Å². The topological polar surface area (TPSA) is 74.7 Å². The van der Waals surface area contributed by atoms with E-state index in [1.165, 1.54) is 16.4 Å². The van der Waals surface area contributed by atoms with Crippen LogP contribution in [0.25, 0.3) is 0 Å². The molecule has 1 aliphatic rings. The molecule has 0 radical (unpaired) electrons. The zero-order chi connectivity index (χ0) is 15.7. The maximum Gasteiger partial charge on any atom is 0.307 e. The number of hydrogen-bond acceptors (Lipinski definition) is 3. The maximum absolute atomic E-state index is 12.5. The molecule has 2 rings (SSSR count). The lowest BCUT2D eigenvalue weighted by molar-refractivity contribution is -0.136. The number of piperidine rings is 1. The number of sulfonamides is 1. The van der Waals surface area contributed by atoms with Gasteiger partial charge in [0.05, 0.1) is 11.3 Å². The standard InChI is InChI=1S/C15H21NO4S/c1-15(2)7-9-16(10-8-15)21(19,20)13-5-3-12(4-6-13)11-14(17)18/h3-6H,7-11H2,1-2H3,(H,17,18). The van der Waals surface area contributed by atoms with E-state index in [0.29, 0.717) is 18.7 Å². The molecule has 116 valence electrons. The minimum atomic E-state index is -3.47. The summed E-state index contributed by atoms with van der Waals surface area (Å²) >= 11 is 0. The molecule has 0 aliphatic carbocycles. The Kier molecular flexibility index (Phi) is 4.39. The van der Waals surface area contributed by atoms with Gasteiger partial charge in [-0.1, -0.05) is 26.0 Å². The Balaban J connectivity index is 2.14. The van der Waals surface area contributed by atoms with Gasteiger partial charge < -0.3 is 5.11 Å². The first-order valence-corrected chi connectivity index (χ1v) is 8.46. The Bertz CT molecular complexity index is 610. The molecule has 1 aliphatic heterocycles. The molecule has 0 spiro atoms. The van der Waals surface area contributed by atoms with Crippen LogP contribution >= 0.6 is 0 Å². The van der Waals surface area contributed by atoms with Gasteiger partial charge in [-0.05, 0) is 36.0 Å². The van der Waals surface area contributed by atoms with E-state index in [9.17, 15) is 13.2 Å². The van der Waals surface area contributed by atoms with E-state index in [1.807, 2.05) is 0 Å². The van der Waals surface area contributed by atoms with Crippen LogP contribution in [0.4, 0.5) is 0 Å². The smallest absolute Gasteiger partial charge is 0.307 e. The number of carbonyl (C=O) groups is 1. The summed E-state index contributed by atoms with van der Waals surface area (Å²) in [5.74, 6) is -0.927. The summed E-state index contributed by atoms with van der Waals surface area (Å²) in [6.07, 6.45) is 1.60.